The van der Waals surface area contributed by atoms with E-state index in [9.17, 15) is 14.9 Å². The second-order valence-electron chi connectivity index (χ2n) is 8.21. The Morgan fingerprint density at radius 3 is 2.69 bits per heavy atom. The highest BCUT2D eigenvalue weighted by Gasteiger charge is 2.35. The molecule has 0 amide bonds. The summed E-state index contributed by atoms with van der Waals surface area (Å²) in [7, 11) is -1.22. The molecule has 0 aromatic carbocycles. The molecule has 2 heterocycles. The number of carbonyl (C=O) groups is 1. The fourth-order valence-corrected chi connectivity index (χ4v) is 3.73. The van der Waals surface area contributed by atoms with Crippen molar-refractivity contribution in [2.75, 3.05) is 18.1 Å². The van der Waals surface area contributed by atoms with Gasteiger partial charge in [0.1, 0.15) is 19.0 Å². The zero-order valence-electron chi connectivity index (χ0n) is 18.9. The van der Waals surface area contributed by atoms with Crippen LogP contribution >= 0.6 is 11.6 Å². The molecule has 2 rings (SSSR count). The lowest BCUT2D eigenvalue weighted by Gasteiger charge is -2.28. The number of hydrogen-bond donors (Lipinski definition) is 0. The van der Waals surface area contributed by atoms with Crippen LogP contribution in [0.25, 0.3) is 0 Å². The van der Waals surface area contributed by atoms with Crippen LogP contribution in [-0.2, 0) is 21.0 Å². The monoisotopic (exact) mass is 484 g/mol. The molecule has 0 aliphatic carbocycles. The summed E-state index contributed by atoms with van der Waals surface area (Å²) >= 11 is 5.94. The Morgan fingerprint density at radius 1 is 1.38 bits per heavy atom. The lowest BCUT2D eigenvalue weighted by molar-refractivity contribution is -0.384. The molecular formula is C19H29ClN6O5Si. The molecule has 11 nitrogen and oxygen atoms in total. The average molecular weight is 485 g/mol. The van der Waals surface area contributed by atoms with Crippen LogP contribution < -0.4 is 4.90 Å². The van der Waals surface area contributed by atoms with Gasteiger partial charge in [0.05, 0.1) is 11.5 Å². The van der Waals surface area contributed by atoms with Gasteiger partial charge in [0.25, 0.3) is 0 Å². The van der Waals surface area contributed by atoms with Gasteiger partial charge in [-0.15, -0.1) is 0 Å². The fourth-order valence-electron chi connectivity index (χ4n) is 2.85. The molecule has 0 bridgehead atoms. The Balaban J connectivity index is 2.41. The number of carbonyl (C=O) groups excluding carboxylic acids is 1. The molecule has 13 heteroatoms. The summed E-state index contributed by atoms with van der Waals surface area (Å²) in [5, 5.41) is 15.9. The minimum Gasteiger partial charge on any atom is -0.464 e. The van der Waals surface area contributed by atoms with Crippen LogP contribution in [0.1, 0.15) is 20.3 Å². The molecule has 0 radical (unpaired) electrons. The number of esters is 1. The lowest BCUT2D eigenvalue weighted by Crippen LogP contribution is -2.40. The lowest BCUT2D eigenvalue weighted by atomic mass is 10.2. The standard InChI is InChI=1S/C19H29ClN6O5Si/c1-6-14(18(27)31-7-2)25(17-15(26(28)29)12-21-19(20)22-17)16-8-9-24(23-16)13-30-10-11-32(3,4)5/h8-9,12,14H,6-7,10-11,13H2,1-5H3. The first kappa shape index (κ1) is 25.7. The quantitative estimate of drug-likeness (QED) is 0.109. The third-order valence-electron chi connectivity index (χ3n) is 4.50. The summed E-state index contributed by atoms with van der Waals surface area (Å²) < 4.78 is 12.5. The number of halogens is 1. The number of aromatic nitrogens is 4. The Morgan fingerprint density at radius 2 is 2.09 bits per heavy atom. The normalized spacial score (nSPS) is 12.4. The van der Waals surface area contributed by atoms with Crippen LogP contribution in [0.2, 0.25) is 31.0 Å². The molecule has 1 atom stereocenters. The van der Waals surface area contributed by atoms with E-state index in [0.29, 0.717) is 6.61 Å². The number of anilines is 2. The number of hydrogen-bond acceptors (Lipinski definition) is 9. The maximum absolute atomic E-state index is 12.7. The molecule has 1 unspecified atom stereocenters. The Bertz CT molecular complexity index is 935. The molecule has 0 N–H and O–H groups in total. The third-order valence-corrected chi connectivity index (χ3v) is 6.38. The minimum atomic E-state index is -1.22. The number of nitro groups is 1. The van der Waals surface area contributed by atoms with Gasteiger partial charge in [-0.3, -0.25) is 15.0 Å². The highest BCUT2D eigenvalue weighted by molar-refractivity contribution is 6.76. The van der Waals surface area contributed by atoms with Crippen LogP contribution in [0.4, 0.5) is 17.3 Å². The summed E-state index contributed by atoms with van der Waals surface area (Å²) in [4.78, 5) is 32.8. The molecule has 2 aromatic rings. The maximum atomic E-state index is 12.7. The van der Waals surface area contributed by atoms with Crippen molar-refractivity contribution in [1.82, 2.24) is 19.7 Å². The molecule has 0 aliphatic heterocycles. The van der Waals surface area contributed by atoms with Gasteiger partial charge in [0.2, 0.25) is 11.1 Å². The largest absolute Gasteiger partial charge is 0.464 e. The summed E-state index contributed by atoms with van der Waals surface area (Å²) in [6.07, 6.45) is 2.96. The first-order valence-corrected chi connectivity index (χ1v) is 14.4. The van der Waals surface area contributed by atoms with E-state index in [1.807, 2.05) is 0 Å². The van der Waals surface area contributed by atoms with E-state index >= 15 is 0 Å². The van der Waals surface area contributed by atoms with Crippen LogP contribution in [0.3, 0.4) is 0 Å². The summed E-state index contributed by atoms with van der Waals surface area (Å²) in [6, 6.07) is 1.74. The molecule has 0 saturated carbocycles. The van der Waals surface area contributed by atoms with Crippen molar-refractivity contribution in [2.45, 2.75) is 58.7 Å². The first-order valence-electron chi connectivity index (χ1n) is 10.3. The number of ether oxygens (including phenoxy) is 2. The van der Waals surface area contributed by atoms with Gasteiger partial charge in [0, 0.05) is 26.9 Å². The molecule has 0 aliphatic rings. The zero-order chi connectivity index (χ0) is 23.9. The zero-order valence-corrected chi connectivity index (χ0v) is 20.7. The van der Waals surface area contributed by atoms with Crippen LogP contribution in [-0.4, -0.2) is 58.0 Å². The van der Waals surface area contributed by atoms with Crippen LogP contribution in [0.15, 0.2) is 18.5 Å². The maximum Gasteiger partial charge on any atom is 0.330 e. The summed E-state index contributed by atoms with van der Waals surface area (Å²) in [5.41, 5.74) is -0.405. The Labute approximate surface area is 192 Å². The second-order valence-corrected chi connectivity index (χ2v) is 14.2. The van der Waals surface area contributed by atoms with Crippen molar-refractivity contribution in [1.29, 1.82) is 0 Å². The van der Waals surface area contributed by atoms with Crippen molar-refractivity contribution >= 4 is 43.0 Å². The van der Waals surface area contributed by atoms with E-state index in [-0.39, 0.29) is 36.7 Å². The highest BCUT2D eigenvalue weighted by Crippen LogP contribution is 2.34. The number of nitrogens with zero attached hydrogens (tertiary/aromatic N) is 6. The van der Waals surface area contributed by atoms with Crippen molar-refractivity contribution in [2.24, 2.45) is 0 Å². The molecular weight excluding hydrogens is 456 g/mol. The van der Waals surface area contributed by atoms with Crippen LogP contribution in [0.5, 0.6) is 0 Å². The van der Waals surface area contributed by atoms with Gasteiger partial charge < -0.3 is 9.47 Å². The van der Waals surface area contributed by atoms with E-state index in [4.69, 9.17) is 21.1 Å². The molecule has 32 heavy (non-hydrogen) atoms. The van der Waals surface area contributed by atoms with E-state index in [1.165, 1.54) is 4.90 Å². The van der Waals surface area contributed by atoms with Gasteiger partial charge >= 0.3 is 11.7 Å². The number of rotatable bonds is 12. The fraction of sp³-hybridized carbons (Fsp3) is 0.579. The Hall–Kier alpha value is -2.57. The smallest absolute Gasteiger partial charge is 0.330 e. The van der Waals surface area contributed by atoms with Gasteiger partial charge in [0.15, 0.2) is 5.82 Å². The van der Waals surface area contributed by atoms with E-state index in [1.54, 1.807) is 30.8 Å². The minimum absolute atomic E-state index is 0.139. The van der Waals surface area contributed by atoms with Gasteiger partial charge in [-0.25, -0.2) is 14.5 Å². The second kappa shape index (κ2) is 11.3. The molecule has 0 saturated heterocycles. The van der Waals surface area contributed by atoms with Crippen molar-refractivity contribution in [3.63, 3.8) is 0 Å². The van der Waals surface area contributed by atoms with E-state index in [2.05, 4.69) is 34.7 Å². The van der Waals surface area contributed by atoms with Gasteiger partial charge in [-0.2, -0.15) is 10.1 Å². The molecule has 2 aromatic heterocycles. The van der Waals surface area contributed by atoms with Crippen molar-refractivity contribution < 1.29 is 19.2 Å². The summed E-state index contributed by atoms with van der Waals surface area (Å²) in [6.45, 7) is 11.2. The predicted octanol–water partition coefficient (Wildman–Crippen LogP) is 4.03. The predicted molar refractivity (Wildman–Crippen MR) is 123 cm³/mol. The van der Waals surface area contributed by atoms with Crippen molar-refractivity contribution in [3.8, 4) is 0 Å². The highest BCUT2D eigenvalue weighted by atomic mass is 35.5. The topological polar surface area (TPSA) is 126 Å². The molecule has 0 spiro atoms. The van der Waals surface area contributed by atoms with Gasteiger partial charge in [-0.1, -0.05) is 26.6 Å². The SMILES string of the molecule is CCOC(=O)C(CC)N(c1ccn(COCC[Si](C)(C)C)n1)c1nc(Cl)ncc1[N+](=O)[O-]. The van der Waals surface area contributed by atoms with E-state index in [0.717, 1.165) is 12.2 Å². The van der Waals surface area contributed by atoms with Gasteiger partial charge in [-0.05, 0) is 31.0 Å². The third kappa shape index (κ3) is 6.97. The van der Waals surface area contributed by atoms with E-state index < -0.39 is 30.7 Å². The van der Waals surface area contributed by atoms with Crippen LogP contribution in [0, 0.1) is 10.1 Å². The average Bonchev–Trinajstić information content (AvgIpc) is 3.16. The Kier molecular flexibility index (Phi) is 9.10. The molecule has 176 valence electrons. The summed E-state index contributed by atoms with van der Waals surface area (Å²) in [5.74, 6) is -0.420. The van der Waals surface area contributed by atoms with Crippen molar-refractivity contribution in [3.05, 3.63) is 33.9 Å². The molecule has 0 fully saturated rings. The first-order chi connectivity index (χ1) is 15.1.